The molecule has 0 unspecified atom stereocenters. The third-order valence-corrected chi connectivity index (χ3v) is 2.19. The molecule has 0 aliphatic carbocycles. The zero-order valence-corrected chi connectivity index (χ0v) is 8.21. The highest BCUT2D eigenvalue weighted by atomic mass is 16.7. The van der Waals surface area contributed by atoms with Crippen LogP contribution < -0.4 is 0 Å². The van der Waals surface area contributed by atoms with E-state index in [0.29, 0.717) is 6.10 Å². The fourth-order valence-electron chi connectivity index (χ4n) is 1.47. The second kappa shape index (κ2) is 5.55. The molecule has 0 bridgehead atoms. The molecular weight excluding hydrogens is 152 g/mol. The minimum absolute atomic E-state index is 0.0943. The van der Waals surface area contributed by atoms with Crippen molar-refractivity contribution in [3.63, 3.8) is 0 Å². The molecule has 2 nitrogen and oxygen atoms in total. The van der Waals surface area contributed by atoms with Crippen molar-refractivity contribution in [3.05, 3.63) is 0 Å². The Balaban J connectivity index is 1.93. The van der Waals surface area contributed by atoms with Gasteiger partial charge in [-0.2, -0.15) is 0 Å². The SMILES string of the molecule is CCCCCC[C@H]1OC[C@@H](C)O1. The van der Waals surface area contributed by atoms with Crippen molar-refractivity contribution < 1.29 is 9.47 Å². The van der Waals surface area contributed by atoms with Crippen LogP contribution in [-0.4, -0.2) is 19.0 Å². The number of rotatable bonds is 5. The van der Waals surface area contributed by atoms with E-state index in [2.05, 4.69) is 13.8 Å². The van der Waals surface area contributed by atoms with Crippen molar-refractivity contribution >= 4 is 0 Å². The first-order chi connectivity index (χ1) is 5.83. The third kappa shape index (κ3) is 3.55. The smallest absolute Gasteiger partial charge is 0.158 e. The maximum Gasteiger partial charge on any atom is 0.158 e. The Kier molecular flexibility index (Phi) is 4.62. The number of unbranched alkanes of at least 4 members (excludes halogenated alkanes) is 3. The zero-order chi connectivity index (χ0) is 8.81. The van der Waals surface area contributed by atoms with Crippen molar-refractivity contribution in [3.8, 4) is 0 Å². The summed E-state index contributed by atoms with van der Waals surface area (Å²) in [5.41, 5.74) is 0. The summed E-state index contributed by atoms with van der Waals surface area (Å²) in [5.74, 6) is 0. The van der Waals surface area contributed by atoms with E-state index in [9.17, 15) is 0 Å². The predicted octanol–water partition coefficient (Wildman–Crippen LogP) is 2.72. The lowest BCUT2D eigenvalue weighted by Crippen LogP contribution is -2.08. The lowest BCUT2D eigenvalue weighted by atomic mass is 10.1. The van der Waals surface area contributed by atoms with Crippen LogP contribution in [0.5, 0.6) is 0 Å². The Bertz CT molecular complexity index is 114. The quantitative estimate of drug-likeness (QED) is 0.594. The first-order valence-electron chi connectivity index (χ1n) is 5.10. The number of ether oxygens (including phenoxy) is 2. The van der Waals surface area contributed by atoms with Gasteiger partial charge in [0.1, 0.15) is 0 Å². The predicted molar refractivity (Wildman–Crippen MR) is 49.0 cm³/mol. The van der Waals surface area contributed by atoms with Crippen LogP contribution in [0, 0.1) is 0 Å². The molecule has 2 heteroatoms. The number of hydrogen-bond acceptors (Lipinski definition) is 2. The van der Waals surface area contributed by atoms with Gasteiger partial charge in [0.05, 0.1) is 12.7 Å². The first kappa shape index (κ1) is 10.0. The van der Waals surface area contributed by atoms with E-state index in [4.69, 9.17) is 9.47 Å². The van der Waals surface area contributed by atoms with Gasteiger partial charge in [-0.3, -0.25) is 0 Å². The van der Waals surface area contributed by atoms with Crippen LogP contribution in [0.2, 0.25) is 0 Å². The maximum absolute atomic E-state index is 5.52. The summed E-state index contributed by atoms with van der Waals surface area (Å²) in [6, 6.07) is 0. The Morgan fingerprint density at radius 1 is 1.25 bits per heavy atom. The molecule has 2 atom stereocenters. The summed E-state index contributed by atoms with van der Waals surface area (Å²) in [7, 11) is 0. The van der Waals surface area contributed by atoms with Gasteiger partial charge < -0.3 is 9.47 Å². The van der Waals surface area contributed by atoms with E-state index >= 15 is 0 Å². The lowest BCUT2D eigenvalue weighted by Gasteiger charge is -2.08. The van der Waals surface area contributed by atoms with Crippen LogP contribution in [0.15, 0.2) is 0 Å². The van der Waals surface area contributed by atoms with Crippen molar-refractivity contribution in [2.75, 3.05) is 6.61 Å². The molecule has 0 aromatic carbocycles. The van der Waals surface area contributed by atoms with Gasteiger partial charge in [0.2, 0.25) is 0 Å². The molecule has 0 aromatic heterocycles. The zero-order valence-electron chi connectivity index (χ0n) is 8.21. The molecular formula is C10H20O2. The molecule has 1 fully saturated rings. The minimum atomic E-state index is 0.0943. The average molecular weight is 172 g/mol. The van der Waals surface area contributed by atoms with Gasteiger partial charge in [0.25, 0.3) is 0 Å². The Morgan fingerprint density at radius 2 is 2.08 bits per heavy atom. The highest BCUT2D eigenvalue weighted by Crippen LogP contribution is 2.16. The van der Waals surface area contributed by atoms with Gasteiger partial charge in [-0.15, -0.1) is 0 Å². The molecule has 1 saturated heterocycles. The fraction of sp³-hybridized carbons (Fsp3) is 1.00. The molecule has 72 valence electrons. The van der Waals surface area contributed by atoms with E-state index in [0.717, 1.165) is 13.0 Å². The third-order valence-electron chi connectivity index (χ3n) is 2.19. The molecule has 0 amide bonds. The van der Waals surface area contributed by atoms with Gasteiger partial charge in [0, 0.05) is 0 Å². The standard InChI is InChI=1S/C10H20O2/c1-3-4-5-6-7-10-11-8-9(2)12-10/h9-10H,3-8H2,1-2H3/t9-,10+/m1/s1. The van der Waals surface area contributed by atoms with Crippen molar-refractivity contribution in [1.82, 2.24) is 0 Å². The molecule has 0 N–H and O–H groups in total. The normalized spacial score (nSPS) is 29.5. The van der Waals surface area contributed by atoms with E-state index in [1.165, 1.54) is 25.7 Å². The van der Waals surface area contributed by atoms with Crippen molar-refractivity contribution in [1.29, 1.82) is 0 Å². The van der Waals surface area contributed by atoms with Gasteiger partial charge in [-0.1, -0.05) is 26.2 Å². The molecule has 1 heterocycles. The molecule has 1 aliphatic rings. The van der Waals surface area contributed by atoms with Crippen LogP contribution in [0.3, 0.4) is 0 Å². The maximum atomic E-state index is 5.52. The summed E-state index contributed by atoms with van der Waals surface area (Å²) in [4.78, 5) is 0. The Hall–Kier alpha value is -0.0800. The Labute approximate surface area is 75.2 Å². The summed E-state index contributed by atoms with van der Waals surface area (Å²) in [6.45, 7) is 5.06. The van der Waals surface area contributed by atoms with E-state index < -0.39 is 0 Å². The molecule has 12 heavy (non-hydrogen) atoms. The fourth-order valence-corrected chi connectivity index (χ4v) is 1.47. The number of hydrogen-bond donors (Lipinski definition) is 0. The van der Waals surface area contributed by atoms with Crippen LogP contribution in [0.1, 0.15) is 46.0 Å². The topological polar surface area (TPSA) is 18.5 Å². The average Bonchev–Trinajstić information content (AvgIpc) is 2.45. The Morgan fingerprint density at radius 3 is 2.67 bits per heavy atom. The van der Waals surface area contributed by atoms with E-state index in [1.54, 1.807) is 0 Å². The highest BCUT2D eigenvalue weighted by molar-refractivity contribution is 4.59. The molecule has 0 aromatic rings. The highest BCUT2D eigenvalue weighted by Gasteiger charge is 2.21. The van der Waals surface area contributed by atoms with Gasteiger partial charge >= 0.3 is 0 Å². The second-order valence-corrected chi connectivity index (χ2v) is 3.56. The lowest BCUT2D eigenvalue weighted by molar-refractivity contribution is -0.0604. The van der Waals surface area contributed by atoms with Crippen LogP contribution in [0.25, 0.3) is 0 Å². The first-order valence-corrected chi connectivity index (χ1v) is 5.10. The molecule has 0 radical (unpaired) electrons. The largest absolute Gasteiger partial charge is 0.350 e. The molecule has 0 saturated carbocycles. The van der Waals surface area contributed by atoms with E-state index in [1.807, 2.05) is 0 Å². The van der Waals surface area contributed by atoms with Crippen LogP contribution in [0.4, 0.5) is 0 Å². The van der Waals surface area contributed by atoms with E-state index in [-0.39, 0.29) is 6.29 Å². The van der Waals surface area contributed by atoms with Crippen LogP contribution in [-0.2, 0) is 9.47 Å². The van der Waals surface area contributed by atoms with Gasteiger partial charge in [0.15, 0.2) is 6.29 Å². The van der Waals surface area contributed by atoms with Crippen molar-refractivity contribution in [2.24, 2.45) is 0 Å². The summed E-state index contributed by atoms with van der Waals surface area (Å²) >= 11 is 0. The summed E-state index contributed by atoms with van der Waals surface area (Å²) < 4.78 is 10.9. The monoisotopic (exact) mass is 172 g/mol. The van der Waals surface area contributed by atoms with Crippen LogP contribution >= 0.6 is 0 Å². The van der Waals surface area contributed by atoms with Gasteiger partial charge in [-0.05, 0) is 19.8 Å². The molecule has 1 rings (SSSR count). The van der Waals surface area contributed by atoms with Gasteiger partial charge in [-0.25, -0.2) is 0 Å². The minimum Gasteiger partial charge on any atom is -0.350 e. The summed E-state index contributed by atoms with van der Waals surface area (Å²) in [5, 5.41) is 0. The molecule has 1 aliphatic heterocycles. The van der Waals surface area contributed by atoms with Crippen molar-refractivity contribution in [2.45, 2.75) is 58.3 Å². The summed E-state index contributed by atoms with van der Waals surface area (Å²) in [6.07, 6.45) is 6.66. The molecule has 0 spiro atoms. The second-order valence-electron chi connectivity index (χ2n) is 3.56.